The third-order valence-electron chi connectivity index (χ3n) is 4.82. The molecule has 1 saturated carbocycles. The van der Waals surface area contributed by atoms with Crippen molar-refractivity contribution in [1.29, 1.82) is 0 Å². The van der Waals surface area contributed by atoms with E-state index < -0.39 is 5.97 Å². The van der Waals surface area contributed by atoms with Crippen LogP contribution in [0.2, 0.25) is 0 Å². The highest BCUT2D eigenvalue weighted by Crippen LogP contribution is 2.33. The second-order valence-electron chi connectivity index (χ2n) is 6.68. The molecule has 0 amide bonds. The van der Waals surface area contributed by atoms with Gasteiger partial charge in [0.25, 0.3) is 0 Å². The van der Waals surface area contributed by atoms with Crippen molar-refractivity contribution in [2.75, 3.05) is 13.2 Å². The molecular formula is C19H23BrN2O3. The van der Waals surface area contributed by atoms with Crippen LogP contribution in [-0.4, -0.2) is 34.1 Å². The highest BCUT2D eigenvalue weighted by molar-refractivity contribution is 9.10. The average molecular weight is 407 g/mol. The summed E-state index contributed by atoms with van der Waals surface area (Å²) in [4.78, 5) is 10.5. The molecule has 1 aromatic carbocycles. The first kappa shape index (κ1) is 18.1. The van der Waals surface area contributed by atoms with Gasteiger partial charge in [-0.15, -0.1) is 0 Å². The van der Waals surface area contributed by atoms with Crippen LogP contribution in [0.3, 0.4) is 0 Å². The van der Waals surface area contributed by atoms with Crippen molar-refractivity contribution in [3.05, 3.63) is 41.0 Å². The molecule has 0 aliphatic heterocycles. The zero-order chi connectivity index (χ0) is 17.6. The van der Waals surface area contributed by atoms with Crippen molar-refractivity contribution >= 4 is 21.9 Å². The number of aromatic nitrogens is 2. The largest absolute Gasteiger partial charge is 0.480 e. The van der Waals surface area contributed by atoms with Gasteiger partial charge in [-0.05, 0) is 53.4 Å². The summed E-state index contributed by atoms with van der Waals surface area (Å²) < 4.78 is 8.37. The van der Waals surface area contributed by atoms with Gasteiger partial charge < -0.3 is 9.84 Å². The topological polar surface area (TPSA) is 64.3 Å². The summed E-state index contributed by atoms with van der Waals surface area (Å²) in [6, 6.07) is 10.3. The lowest BCUT2D eigenvalue weighted by Crippen LogP contribution is -2.23. The average Bonchev–Trinajstić information content (AvgIpc) is 2.97. The van der Waals surface area contributed by atoms with Crippen molar-refractivity contribution in [3.63, 3.8) is 0 Å². The second kappa shape index (κ2) is 8.63. The number of halogens is 1. The number of ether oxygens (including phenoxy) is 1. The maximum absolute atomic E-state index is 10.5. The number of hydrogen-bond donors (Lipinski definition) is 1. The van der Waals surface area contributed by atoms with Crippen molar-refractivity contribution in [2.45, 2.75) is 32.2 Å². The van der Waals surface area contributed by atoms with Gasteiger partial charge in [-0.25, -0.2) is 4.79 Å². The van der Waals surface area contributed by atoms with Crippen molar-refractivity contribution in [1.82, 2.24) is 9.78 Å². The summed E-state index contributed by atoms with van der Waals surface area (Å²) in [5, 5.41) is 13.2. The lowest BCUT2D eigenvalue weighted by Gasteiger charge is -2.28. The van der Waals surface area contributed by atoms with Gasteiger partial charge >= 0.3 is 5.97 Å². The fourth-order valence-electron chi connectivity index (χ4n) is 3.52. The van der Waals surface area contributed by atoms with Crippen molar-refractivity contribution < 1.29 is 14.6 Å². The molecule has 1 aliphatic carbocycles. The normalized spacial score (nSPS) is 20.5. The third-order valence-corrected chi connectivity index (χ3v) is 5.40. The van der Waals surface area contributed by atoms with Gasteiger partial charge in [0.1, 0.15) is 6.61 Å². The molecule has 0 atom stereocenters. The molecule has 0 radical (unpaired) electrons. The van der Waals surface area contributed by atoms with Crippen LogP contribution >= 0.6 is 15.9 Å². The molecule has 0 saturated heterocycles. The zero-order valence-electron chi connectivity index (χ0n) is 14.1. The van der Waals surface area contributed by atoms with Crippen molar-refractivity contribution in [2.24, 2.45) is 11.8 Å². The van der Waals surface area contributed by atoms with E-state index in [2.05, 4.69) is 37.8 Å². The van der Waals surface area contributed by atoms with Gasteiger partial charge in [-0.3, -0.25) is 4.68 Å². The Morgan fingerprint density at radius 1 is 1.20 bits per heavy atom. The molecule has 0 unspecified atom stereocenters. The maximum Gasteiger partial charge on any atom is 0.329 e. The Labute approximate surface area is 156 Å². The summed E-state index contributed by atoms with van der Waals surface area (Å²) in [6.07, 6.45) is 6.31. The molecule has 5 nitrogen and oxygen atoms in total. The first-order valence-electron chi connectivity index (χ1n) is 8.69. The van der Waals surface area contributed by atoms with E-state index in [1.54, 1.807) is 0 Å². The molecule has 1 heterocycles. The Kier molecular flexibility index (Phi) is 6.26. The predicted molar refractivity (Wildman–Crippen MR) is 99.3 cm³/mol. The molecule has 6 heteroatoms. The van der Waals surface area contributed by atoms with E-state index in [-0.39, 0.29) is 6.61 Å². The molecule has 1 aromatic heterocycles. The summed E-state index contributed by atoms with van der Waals surface area (Å²) in [7, 11) is 0. The van der Waals surface area contributed by atoms with E-state index >= 15 is 0 Å². The standard InChI is InChI=1S/C19H23BrN2O3/c20-17-10-21-22(19(17)16-4-2-1-3-5-16)11-14-6-8-15(9-7-14)12-25-13-18(23)24/h1-5,10,14-15H,6-9,11-13H2,(H,23,24)/t14-,15-. The number of carboxylic acid groups (broad SMARTS) is 1. The van der Waals surface area contributed by atoms with Gasteiger partial charge in [0.05, 0.1) is 23.0 Å². The number of rotatable bonds is 7. The van der Waals surface area contributed by atoms with Crippen LogP contribution in [0.15, 0.2) is 41.0 Å². The summed E-state index contributed by atoms with van der Waals surface area (Å²) >= 11 is 3.62. The Bertz CT molecular complexity index is 694. The monoisotopic (exact) mass is 406 g/mol. The van der Waals surface area contributed by atoms with Gasteiger partial charge in [0.15, 0.2) is 0 Å². The van der Waals surface area contributed by atoms with Gasteiger partial charge in [-0.1, -0.05) is 30.3 Å². The Morgan fingerprint density at radius 2 is 1.88 bits per heavy atom. The lowest BCUT2D eigenvalue weighted by molar-refractivity contribution is -0.142. The first-order chi connectivity index (χ1) is 12.1. The Morgan fingerprint density at radius 3 is 2.56 bits per heavy atom. The predicted octanol–water partition coefficient (Wildman–Crippen LogP) is 4.22. The highest BCUT2D eigenvalue weighted by atomic mass is 79.9. The van der Waals surface area contributed by atoms with Crippen LogP contribution in [0.1, 0.15) is 25.7 Å². The number of benzene rings is 1. The fraction of sp³-hybridized carbons (Fsp3) is 0.474. The zero-order valence-corrected chi connectivity index (χ0v) is 15.7. The lowest BCUT2D eigenvalue weighted by atomic mass is 9.82. The highest BCUT2D eigenvalue weighted by Gasteiger charge is 2.23. The molecule has 1 N–H and O–H groups in total. The number of carbonyl (C=O) groups is 1. The SMILES string of the molecule is O=C(O)COC[C@H]1CC[C@H](Cn2ncc(Br)c2-c2ccccc2)CC1. The molecule has 2 aromatic rings. The minimum atomic E-state index is -0.897. The molecule has 1 aliphatic rings. The molecule has 0 spiro atoms. The molecule has 3 rings (SSSR count). The van der Waals surface area contributed by atoms with E-state index in [0.717, 1.165) is 42.4 Å². The maximum atomic E-state index is 10.5. The Hall–Kier alpha value is -1.66. The molecule has 134 valence electrons. The van der Waals surface area contributed by atoms with Crippen LogP contribution in [-0.2, 0) is 16.1 Å². The second-order valence-corrected chi connectivity index (χ2v) is 7.54. The minimum Gasteiger partial charge on any atom is -0.480 e. The van der Waals surface area contributed by atoms with E-state index in [9.17, 15) is 4.79 Å². The quantitative estimate of drug-likeness (QED) is 0.747. The van der Waals surface area contributed by atoms with Crippen molar-refractivity contribution in [3.8, 4) is 11.3 Å². The number of carboxylic acids is 1. The Balaban J connectivity index is 1.56. The van der Waals surface area contributed by atoms with Gasteiger partial charge in [0.2, 0.25) is 0 Å². The van der Waals surface area contributed by atoms with E-state index in [0.29, 0.717) is 18.4 Å². The van der Waals surface area contributed by atoms with Crippen LogP contribution in [0.4, 0.5) is 0 Å². The van der Waals surface area contributed by atoms with Crippen LogP contribution < -0.4 is 0 Å². The van der Waals surface area contributed by atoms with Crippen LogP contribution in [0.5, 0.6) is 0 Å². The minimum absolute atomic E-state index is 0.193. The van der Waals surface area contributed by atoms with Crippen LogP contribution in [0, 0.1) is 11.8 Å². The summed E-state index contributed by atoms with van der Waals surface area (Å²) in [5.41, 5.74) is 2.30. The third kappa shape index (κ3) is 4.92. The molecule has 25 heavy (non-hydrogen) atoms. The van der Waals surface area contributed by atoms with E-state index in [4.69, 9.17) is 9.84 Å². The smallest absolute Gasteiger partial charge is 0.329 e. The van der Waals surface area contributed by atoms with Crippen LogP contribution in [0.25, 0.3) is 11.3 Å². The fourth-order valence-corrected chi connectivity index (χ4v) is 4.05. The molecule has 1 fully saturated rings. The molecular weight excluding hydrogens is 384 g/mol. The number of nitrogens with zero attached hydrogens (tertiary/aromatic N) is 2. The molecule has 0 bridgehead atoms. The number of hydrogen-bond acceptors (Lipinski definition) is 3. The summed E-state index contributed by atoms with van der Waals surface area (Å²) in [5.74, 6) is 0.185. The van der Waals surface area contributed by atoms with E-state index in [1.807, 2.05) is 24.4 Å². The van der Waals surface area contributed by atoms with Gasteiger partial charge in [0, 0.05) is 12.1 Å². The first-order valence-corrected chi connectivity index (χ1v) is 9.49. The van der Waals surface area contributed by atoms with Gasteiger partial charge in [-0.2, -0.15) is 5.10 Å². The number of aliphatic carboxylic acids is 1. The van der Waals surface area contributed by atoms with E-state index in [1.165, 1.54) is 5.56 Å². The summed E-state index contributed by atoms with van der Waals surface area (Å²) in [6.45, 7) is 1.28.